The van der Waals surface area contributed by atoms with Gasteiger partial charge < -0.3 is 4.42 Å². The summed E-state index contributed by atoms with van der Waals surface area (Å²) in [6, 6.07) is 1.96. The molecule has 1 aliphatic carbocycles. The smallest absolute Gasteiger partial charge is 0.194 e. The van der Waals surface area contributed by atoms with Crippen LogP contribution in [0.2, 0.25) is 0 Å². The lowest BCUT2D eigenvalue weighted by Gasteiger charge is -2.24. The summed E-state index contributed by atoms with van der Waals surface area (Å²) in [6.45, 7) is 6.04. The molecule has 2 nitrogen and oxygen atoms in total. The first-order valence-corrected chi connectivity index (χ1v) is 5.73. The van der Waals surface area contributed by atoms with Crippen molar-refractivity contribution in [3.05, 3.63) is 23.2 Å². The minimum absolute atomic E-state index is 0.0342. The second-order valence-corrected chi connectivity index (χ2v) is 4.79. The average Bonchev–Trinajstić information content (AvgIpc) is 2.60. The number of rotatable bonds is 2. The van der Waals surface area contributed by atoms with Gasteiger partial charge in [-0.3, -0.25) is 4.79 Å². The molecule has 0 saturated carbocycles. The van der Waals surface area contributed by atoms with Gasteiger partial charge in [0.25, 0.3) is 0 Å². The van der Waals surface area contributed by atoms with Gasteiger partial charge in [0.1, 0.15) is 5.76 Å². The van der Waals surface area contributed by atoms with E-state index in [-0.39, 0.29) is 5.78 Å². The van der Waals surface area contributed by atoms with Crippen LogP contribution in [0.1, 0.15) is 61.4 Å². The number of aryl methyl sites for hydroxylation is 1. The lowest BCUT2D eigenvalue weighted by Crippen LogP contribution is -2.12. The minimum atomic E-state index is 0.0342. The normalized spacial score (nSPS) is 20.4. The van der Waals surface area contributed by atoms with E-state index in [0.717, 1.165) is 12.2 Å². The number of hydrogen-bond acceptors (Lipinski definition) is 2. The molecule has 2 rings (SSSR count). The first-order chi connectivity index (χ1) is 7.09. The number of carbonyl (C=O) groups is 1. The van der Waals surface area contributed by atoms with Gasteiger partial charge in [-0.15, -0.1) is 0 Å². The largest absolute Gasteiger partial charge is 0.458 e. The fourth-order valence-electron chi connectivity index (χ4n) is 2.46. The maximum absolute atomic E-state index is 11.2. The molecular weight excluding hydrogens is 188 g/mol. The van der Waals surface area contributed by atoms with E-state index >= 15 is 0 Å². The van der Waals surface area contributed by atoms with Gasteiger partial charge >= 0.3 is 0 Å². The monoisotopic (exact) mass is 206 g/mol. The van der Waals surface area contributed by atoms with Gasteiger partial charge in [-0.1, -0.05) is 13.8 Å². The molecule has 0 aromatic carbocycles. The van der Waals surface area contributed by atoms with Crippen LogP contribution in [-0.2, 0) is 6.42 Å². The van der Waals surface area contributed by atoms with Crippen molar-refractivity contribution >= 4 is 5.78 Å². The number of carbonyl (C=O) groups excluding carboxylic acids is 1. The summed E-state index contributed by atoms with van der Waals surface area (Å²) in [7, 11) is 0. The predicted molar refractivity (Wildman–Crippen MR) is 59.2 cm³/mol. The Bertz CT molecular complexity index is 374. The second-order valence-electron chi connectivity index (χ2n) is 4.79. The van der Waals surface area contributed by atoms with Crippen LogP contribution < -0.4 is 0 Å². The molecule has 1 atom stereocenters. The third-order valence-corrected chi connectivity index (χ3v) is 3.31. The van der Waals surface area contributed by atoms with Crippen LogP contribution in [-0.4, -0.2) is 5.78 Å². The summed E-state index contributed by atoms with van der Waals surface area (Å²) in [5.41, 5.74) is 1.28. The molecule has 82 valence electrons. The Balaban J connectivity index is 2.38. The molecule has 1 heterocycles. The maximum Gasteiger partial charge on any atom is 0.194 e. The van der Waals surface area contributed by atoms with Gasteiger partial charge in [-0.2, -0.15) is 0 Å². The topological polar surface area (TPSA) is 30.2 Å². The molecule has 0 amide bonds. The minimum Gasteiger partial charge on any atom is -0.458 e. The highest BCUT2D eigenvalue weighted by atomic mass is 16.3. The van der Waals surface area contributed by atoms with E-state index in [1.807, 2.05) is 6.07 Å². The van der Waals surface area contributed by atoms with Crippen molar-refractivity contribution in [3.8, 4) is 0 Å². The van der Waals surface area contributed by atoms with Crippen molar-refractivity contribution in [2.24, 2.45) is 5.92 Å². The van der Waals surface area contributed by atoms with Crippen LogP contribution in [0.25, 0.3) is 0 Å². The predicted octanol–water partition coefficient (Wildman–Crippen LogP) is 3.56. The van der Waals surface area contributed by atoms with Gasteiger partial charge in [0.05, 0.1) is 0 Å². The van der Waals surface area contributed by atoms with Crippen molar-refractivity contribution in [2.45, 2.75) is 46.0 Å². The second kappa shape index (κ2) is 3.84. The summed E-state index contributed by atoms with van der Waals surface area (Å²) >= 11 is 0. The Hall–Kier alpha value is -1.05. The van der Waals surface area contributed by atoms with Crippen LogP contribution >= 0.6 is 0 Å². The zero-order valence-corrected chi connectivity index (χ0v) is 9.67. The molecule has 0 spiro atoms. The van der Waals surface area contributed by atoms with Crippen molar-refractivity contribution in [3.63, 3.8) is 0 Å². The van der Waals surface area contributed by atoms with E-state index in [9.17, 15) is 4.79 Å². The van der Waals surface area contributed by atoms with Crippen molar-refractivity contribution in [1.29, 1.82) is 0 Å². The standard InChI is InChI=1S/C13H18O2/c1-8(2)10-5-4-6-12-11(10)7-13(15-12)9(3)14/h7-8,10H,4-6H2,1-3H3. The molecule has 1 unspecified atom stereocenters. The van der Waals surface area contributed by atoms with E-state index in [2.05, 4.69) is 13.8 Å². The van der Waals surface area contributed by atoms with Gasteiger partial charge in [0.15, 0.2) is 11.5 Å². The van der Waals surface area contributed by atoms with Gasteiger partial charge in [0, 0.05) is 13.3 Å². The van der Waals surface area contributed by atoms with E-state index in [0.29, 0.717) is 17.6 Å². The molecule has 1 aliphatic rings. The molecular formula is C13H18O2. The fraction of sp³-hybridized carbons (Fsp3) is 0.615. The van der Waals surface area contributed by atoms with Gasteiger partial charge in [-0.25, -0.2) is 0 Å². The van der Waals surface area contributed by atoms with Gasteiger partial charge in [0.2, 0.25) is 0 Å². The Morgan fingerprint density at radius 1 is 1.53 bits per heavy atom. The van der Waals surface area contributed by atoms with Crippen LogP contribution in [0.3, 0.4) is 0 Å². The zero-order valence-electron chi connectivity index (χ0n) is 9.67. The van der Waals surface area contributed by atoms with Crippen LogP contribution in [0.4, 0.5) is 0 Å². The summed E-state index contributed by atoms with van der Waals surface area (Å²) in [4.78, 5) is 11.2. The molecule has 0 radical (unpaired) electrons. The zero-order chi connectivity index (χ0) is 11.0. The van der Waals surface area contributed by atoms with Crippen molar-refractivity contribution < 1.29 is 9.21 Å². The van der Waals surface area contributed by atoms with E-state index in [1.165, 1.54) is 18.4 Å². The molecule has 1 aromatic rings. The number of furan rings is 1. The van der Waals surface area contributed by atoms with E-state index in [1.54, 1.807) is 6.92 Å². The van der Waals surface area contributed by atoms with E-state index < -0.39 is 0 Å². The Morgan fingerprint density at radius 2 is 2.27 bits per heavy atom. The molecule has 2 heteroatoms. The highest BCUT2D eigenvalue weighted by Crippen LogP contribution is 2.38. The SMILES string of the molecule is CC(=O)c1cc2c(o1)CCCC2C(C)C. The quantitative estimate of drug-likeness (QED) is 0.692. The average molecular weight is 206 g/mol. The van der Waals surface area contributed by atoms with Crippen LogP contribution in [0, 0.1) is 5.92 Å². The Morgan fingerprint density at radius 3 is 2.87 bits per heavy atom. The summed E-state index contributed by atoms with van der Waals surface area (Å²) in [5.74, 6) is 2.82. The summed E-state index contributed by atoms with van der Waals surface area (Å²) in [5, 5.41) is 0. The molecule has 0 aliphatic heterocycles. The van der Waals surface area contributed by atoms with Crippen molar-refractivity contribution in [2.75, 3.05) is 0 Å². The first kappa shape index (κ1) is 10.5. The Labute approximate surface area is 90.7 Å². The summed E-state index contributed by atoms with van der Waals surface area (Å²) in [6.07, 6.45) is 3.40. The molecule has 0 fully saturated rings. The number of hydrogen-bond donors (Lipinski definition) is 0. The molecule has 0 N–H and O–H groups in total. The first-order valence-electron chi connectivity index (χ1n) is 5.73. The van der Waals surface area contributed by atoms with E-state index in [4.69, 9.17) is 4.42 Å². The highest BCUT2D eigenvalue weighted by molar-refractivity contribution is 5.91. The van der Waals surface area contributed by atoms with Crippen molar-refractivity contribution in [1.82, 2.24) is 0 Å². The maximum atomic E-state index is 11.2. The third kappa shape index (κ3) is 1.85. The molecule has 1 aromatic heterocycles. The highest BCUT2D eigenvalue weighted by Gasteiger charge is 2.27. The Kier molecular flexibility index (Phi) is 2.68. The number of ketones is 1. The lowest BCUT2D eigenvalue weighted by atomic mass is 9.80. The fourth-order valence-corrected chi connectivity index (χ4v) is 2.46. The number of fused-ring (bicyclic) bond motifs is 1. The number of Topliss-reactive ketones (excluding diaryl/α,β-unsaturated/α-hetero) is 1. The van der Waals surface area contributed by atoms with Gasteiger partial charge in [-0.05, 0) is 36.3 Å². The lowest BCUT2D eigenvalue weighted by molar-refractivity contribution is 0.0985. The third-order valence-electron chi connectivity index (χ3n) is 3.31. The van der Waals surface area contributed by atoms with Crippen LogP contribution in [0.15, 0.2) is 10.5 Å². The molecule has 0 bridgehead atoms. The molecule has 0 saturated heterocycles. The van der Waals surface area contributed by atoms with Crippen LogP contribution in [0.5, 0.6) is 0 Å². The molecule has 15 heavy (non-hydrogen) atoms. The summed E-state index contributed by atoms with van der Waals surface area (Å²) < 4.78 is 5.60.